The highest BCUT2D eigenvalue weighted by Crippen LogP contribution is 2.08. The van der Waals surface area contributed by atoms with Crippen LogP contribution in [-0.4, -0.2) is 34.0 Å². The van der Waals surface area contributed by atoms with E-state index in [-0.39, 0.29) is 29.7 Å². The average Bonchev–Trinajstić information content (AvgIpc) is 2.53. The van der Waals surface area contributed by atoms with E-state index in [0.717, 1.165) is 30.1 Å². The first-order valence-electron chi connectivity index (χ1n) is 7.94. The first kappa shape index (κ1) is 23.1. The largest absolute Gasteiger partial charge is 0.357 e. The number of rotatable bonds is 8. The lowest BCUT2D eigenvalue weighted by atomic mass is 10.1. The van der Waals surface area contributed by atoms with Crippen LogP contribution in [0.2, 0.25) is 0 Å². The van der Waals surface area contributed by atoms with E-state index >= 15 is 0 Å². The monoisotopic (exact) mass is 468 g/mol. The third-order valence-corrected chi connectivity index (χ3v) is 4.79. The fourth-order valence-electron chi connectivity index (χ4n) is 1.86. The zero-order chi connectivity index (χ0) is 17.3. The van der Waals surface area contributed by atoms with Crippen LogP contribution < -0.4 is 15.4 Å². The fourth-order valence-corrected chi connectivity index (χ4v) is 2.63. The van der Waals surface area contributed by atoms with Crippen molar-refractivity contribution in [3.05, 3.63) is 35.4 Å². The van der Waals surface area contributed by atoms with Crippen molar-refractivity contribution in [2.24, 2.45) is 4.99 Å². The molecule has 0 aliphatic rings. The normalized spacial score (nSPS) is 13.1. The average molecular weight is 468 g/mol. The molecule has 1 atom stereocenters. The number of nitrogens with zero attached hydrogens (tertiary/aromatic N) is 1. The topological polar surface area (TPSA) is 82.6 Å². The lowest BCUT2D eigenvalue weighted by molar-refractivity contribution is 0.587. The van der Waals surface area contributed by atoms with Crippen molar-refractivity contribution < 1.29 is 8.42 Å². The second kappa shape index (κ2) is 11.6. The van der Waals surface area contributed by atoms with Crippen molar-refractivity contribution in [3.8, 4) is 0 Å². The Balaban J connectivity index is 0.00000529. The van der Waals surface area contributed by atoms with Crippen molar-refractivity contribution in [1.82, 2.24) is 15.4 Å². The molecule has 0 radical (unpaired) electrons. The van der Waals surface area contributed by atoms with Crippen LogP contribution in [0.4, 0.5) is 0 Å². The first-order chi connectivity index (χ1) is 10.9. The third kappa shape index (κ3) is 8.84. The zero-order valence-electron chi connectivity index (χ0n) is 14.8. The van der Waals surface area contributed by atoms with Crippen LogP contribution in [0.3, 0.4) is 0 Å². The molecular formula is C16H29IN4O2S. The molecule has 0 aliphatic heterocycles. The number of sulfonamides is 1. The molecule has 3 N–H and O–H groups in total. The molecule has 8 heteroatoms. The van der Waals surface area contributed by atoms with Gasteiger partial charge in [0.2, 0.25) is 10.0 Å². The number of hydrogen-bond acceptors (Lipinski definition) is 3. The summed E-state index contributed by atoms with van der Waals surface area (Å²) in [6.07, 6.45) is 1.03. The highest BCUT2D eigenvalue weighted by Gasteiger charge is 2.08. The van der Waals surface area contributed by atoms with Gasteiger partial charge in [-0.15, -0.1) is 24.0 Å². The van der Waals surface area contributed by atoms with Gasteiger partial charge in [0.05, 0.1) is 12.3 Å². The minimum absolute atomic E-state index is 0. The third-order valence-electron chi connectivity index (χ3n) is 3.45. The summed E-state index contributed by atoms with van der Waals surface area (Å²) in [4.78, 5) is 4.56. The number of hydrogen-bond donors (Lipinski definition) is 3. The van der Waals surface area contributed by atoms with E-state index in [1.165, 1.54) is 7.05 Å². The minimum Gasteiger partial charge on any atom is -0.357 e. The Labute approximate surface area is 163 Å². The van der Waals surface area contributed by atoms with Crippen molar-refractivity contribution >= 4 is 40.0 Å². The summed E-state index contributed by atoms with van der Waals surface area (Å²) in [6, 6.07) is 7.85. The Morgan fingerprint density at radius 3 is 2.25 bits per heavy atom. The summed E-state index contributed by atoms with van der Waals surface area (Å²) in [5.74, 6) is 0.786. The molecule has 1 unspecified atom stereocenters. The van der Waals surface area contributed by atoms with Crippen LogP contribution in [0.5, 0.6) is 0 Å². The number of aliphatic imine (C=N–C) groups is 1. The van der Waals surface area contributed by atoms with Crippen LogP contribution >= 0.6 is 24.0 Å². The molecular weight excluding hydrogens is 439 g/mol. The van der Waals surface area contributed by atoms with Gasteiger partial charge >= 0.3 is 0 Å². The number of nitrogens with one attached hydrogen (secondary N) is 3. The predicted octanol–water partition coefficient (Wildman–Crippen LogP) is 2.21. The molecule has 0 fully saturated rings. The molecule has 0 amide bonds. The van der Waals surface area contributed by atoms with Crippen molar-refractivity contribution in [3.63, 3.8) is 0 Å². The molecule has 0 saturated carbocycles. The van der Waals surface area contributed by atoms with Crippen LogP contribution in [0.15, 0.2) is 29.3 Å². The van der Waals surface area contributed by atoms with E-state index in [9.17, 15) is 8.42 Å². The van der Waals surface area contributed by atoms with Gasteiger partial charge in [-0.1, -0.05) is 31.2 Å². The quantitative estimate of drug-likeness (QED) is 0.311. The van der Waals surface area contributed by atoms with Gasteiger partial charge in [0, 0.05) is 12.6 Å². The molecule has 138 valence electrons. The highest BCUT2D eigenvalue weighted by molar-refractivity contribution is 14.0. The van der Waals surface area contributed by atoms with Gasteiger partial charge in [0.1, 0.15) is 0 Å². The SMILES string of the molecule is CCNC(=NCc1ccc(CS(=O)(=O)NC)cc1)NC(C)CC.I. The zero-order valence-corrected chi connectivity index (χ0v) is 17.9. The van der Waals surface area contributed by atoms with Crippen molar-refractivity contribution in [1.29, 1.82) is 0 Å². The van der Waals surface area contributed by atoms with Gasteiger partial charge in [-0.3, -0.25) is 0 Å². The lowest BCUT2D eigenvalue weighted by Crippen LogP contribution is -2.41. The van der Waals surface area contributed by atoms with Crippen LogP contribution in [-0.2, 0) is 22.3 Å². The Kier molecular flexibility index (Phi) is 11.2. The molecule has 1 aromatic rings. The number of halogens is 1. The first-order valence-corrected chi connectivity index (χ1v) is 9.59. The molecule has 0 bridgehead atoms. The number of benzene rings is 1. The predicted molar refractivity (Wildman–Crippen MR) is 111 cm³/mol. The molecule has 0 aromatic heterocycles. The van der Waals surface area contributed by atoms with Gasteiger partial charge in [-0.2, -0.15) is 0 Å². The molecule has 0 saturated heterocycles. The molecule has 24 heavy (non-hydrogen) atoms. The van der Waals surface area contributed by atoms with E-state index in [1.54, 1.807) is 0 Å². The molecule has 0 heterocycles. The summed E-state index contributed by atoms with van der Waals surface area (Å²) in [5.41, 5.74) is 1.80. The summed E-state index contributed by atoms with van der Waals surface area (Å²) >= 11 is 0. The summed E-state index contributed by atoms with van der Waals surface area (Å²) in [5, 5.41) is 6.56. The van der Waals surface area contributed by atoms with E-state index < -0.39 is 10.0 Å². The molecule has 0 aliphatic carbocycles. The van der Waals surface area contributed by atoms with Crippen molar-refractivity contribution in [2.75, 3.05) is 13.6 Å². The van der Waals surface area contributed by atoms with Crippen molar-refractivity contribution in [2.45, 2.75) is 45.5 Å². The second-order valence-electron chi connectivity index (χ2n) is 5.43. The van der Waals surface area contributed by atoms with E-state index in [0.29, 0.717) is 12.6 Å². The highest BCUT2D eigenvalue weighted by atomic mass is 127. The summed E-state index contributed by atoms with van der Waals surface area (Å²) < 4.78 is 25.4. The Morgan fingerprint density at radius 2 is 1.75 bits per heavy atom. The maximum Gasteiger partial charge on any atom is 0.215 e. The van der Waals surface area contributed by atoms with Gasteiger partial charge in [0.15, 0.2) is 5.96 Å². The van der Waals surface area contributed by atoms with Gasteiger partial charge in [-0.05, 0) is 38.4 Å². The van der Waals surface area contributed by atoms with Crippen LogP contribution in [0, 0.1) is 0 Å². The smallest absolute Gasteiger partial charge is 0.215 e. The number of guanidine groups is 1. The Morgan fingerprint density at radius 1 is 1.17 bits per heavy atom. The van der Waals surface area contributed by atoms with Gasteiger partial charge in [0.25, 0.3) is 0 Å². The molecule has 1 rings (SSSR count). The molecule has 6 nitrogen and oxygen atoms in total. The van der Waals surface area contributed by atoms with E-state index in [2.05, 4.69) is 34.2 Å². The van der Waals surface area contributed by atoms with Gasteiger partial charge in [-0.25, -0.2) is 18.1 Å². The fraction of sp³-hybridized carbons (Fsp3) is 0.562. The second-order valence-corrected chi connectivity index (χ2v) is 7.35. The lowest BCUT2D eigenvalue weighted by Gasteiger charge is -2.16. The van der Waals surface area contributed by atoms with Crippen LogP contribution in [0.1, 0.15) is 38.3 Å². The summed E-state index contributed by atoms with van der Waals surface area (Å²) in [7, 11) is -1.81. The minimum atomic E-state index is -3.23. The van der Waals surface area contributed by atoms with Gasteiger partial charge < -0.3 is 10.6 Å². The summed E-state index contributed by atoms with van der Waals surface area (Å²) in [6.45, 7) is 7.63. The maximum absolute atomic E-state index is 11.5. The van der Waals surface area contributed by atoms with E-state index in [1.807, 2.05) is 31.2 Å². The van der Waals surface area contributed by atoms with Crippen LogP contribution in [0.25, 0.3) is 0 Å². The molecule has 1 aromatic carbocycles. The standard InChI is InChI=1S/C16H28N4O2S.HI/c1-5-13(3)20-16(18-6-2)19-11-14-7-9-15(10-8-14)12-23(21,22)17-4;/h7-10,13,17H,5-6,11-12H2,1-4H3,(H2,18,19,20);1H. The maximum atomic E-state index is 11.5. The van der Waals surface area contributed by atoms with E-state index in [4.69, 9.17) is 0 Å². The molecule has 0 spiro atoms. The Hall–Kier alpha value is -0.870. The Bertz CT molecular complexity index is 603.